The fourth-order valence-electron chi connectivity index (χ4n) is 3.34. The van der Waals surface area contributed by atoms with Gasteiger partial charge in [0.1, 0.15) is 0 Å². The highest BCUT2D eigenvalue weighted by atomic mass is 35.5. The van der Waals surface area contributed by atoms with Crippen molar-refractivity contribution < 1.29 is 5.11 Å². The molecule has 2 heteroatoms. The van der Waals surface area contributed by atoms with Gasteiger partial charge >= 0.3 is 0 Å². The highest BCUT2D eigenvalue weighted by Gasteiger charge is 2.12. The Morgan fingerprint density at radius 2 is 1.56 bits per heavy atom. The molecule has 0 aromatic rings. The Morgan fingerprint density at radius 1 is 0.963 bits per heavy atom. The van der Waals surface area contributed by atoms with Crippen molar-refractivity contribution in [3.63, 3.8) is 0 Å². The Hall–Kier alpha value is -0.270. The van der Waals surface area contributed by atoms with E-state index in [1.807, 2.05) is 6.08 Å². The molecule has 1 nitrogen and oxygen atoms in total. The number of alkyl halides is 1. The second-order valence-corrected chi connectivity index (χ2v) is 8.70. The molecule has 2 unspecified atom stereocenters. The smallest absolute Gasteiger partial charge is 0.0884 e. The second kappa shape index (κ2) is 20.5. The number of rotatable bonds is 8. The van der Waals surface area contributed by atoms with E-state index in [2.05, 4.69) is 32.9 Å². The summed E-state index contributed by atoms with van der Waals surface area (Å²) < 4.78 is 0. The molecule has 27 heavy (non-hydrogen) atoms. The van der Waals surface area contributed by atoms with Gasteiger partial charge in [0.2, 0.25) is 0 Å². The first kappa shape index (κ1) is 26.7. The van der Waals surface area contributed by atoms with Crippen molar-refractivity contribution in [3.05, 3.63) is 23.8 Å². The molecule has 1 aliphatic rings. The van der Waals surface area contributed by atoms with Gasteiger partial charge in [-0.1, -0.05) is 101 Å². The first-order valence-corrected chi connectivity index (χ1v) is 12.2. The van der Waals surface area contributed by atoms with E-state index in [1.165, 1.54) is 83.5 Å². The summed E-state index contributed by atoms with van der Waals surface area (Å²) in [4.78, 5) is 0. The highest BCUT2D eigenvalue weighted by Crippen LogP contribution is 2.17. The van der Waals surface area contributed by atoms with Gasteiger partial charge in [-0.2, -0.15) is 0 Å². The van der Waals surface area contributed by atoms with Crippen molar-refractivity contribution in [2.45, 2.75) is 135 Å². The molecule has 1 rings (SSSR count). The molecular formula is C25H47ClO. The van der Waals surface area contributed by atoms with E-state index in [9.17, 15) is 5.11 Å². The van der Waals surface area contributed by atoms with Crippen LogP contribution in [-0.4, -0.2) is 16.6 Å². The van der Waals surface area contributed by atoms with Gasteiger partial charge in [0, 0.05) is 0 Å². The zero-order valence-electron chi connectivity index (χ0n) is 18.5. The van der Waals surface area contributed by atoms with Gasteiger partial charge in [-0.15, -0.1) is 11.6 Å². The lowest BCUT2D eigenvalue weighted by Crippen LogP contribution is -2.18. The van der Waals surface area contributed by atoms with Crippen molar-refractivity contribution in [2.24, 2.45) is 0 Å². The number of aliphatic hydroxyl groups is 1. The zero-order chi connectivity index (χ0) is 20.2. The Morgan fingerprint density at radius 3 is 2.22 bits per heavy atom. The Kier molecular flexibility index (Phi) is 20.3. The molecule has 0 aromatic carbocycles. The topological polar surface area (TPSA) is 20.2 Å². The van der Waals surface area contributed by atoms with Crippen LogP contribution in [0.4, 0.5) is 0 Å². The van der Waals surface area contributed by atoms with Crippen LogP contribution in [0.25, 0.3) is 0 Å². The van der Waals surface area contributed by atoms with Crippen LogP contribution in [0, 0.1) is 0 Å². The molecule has 0 amide bonds. The van der Waals surface area contributed by atoms with E-state index in [-0.39, 0.29) is 5.38 Å². The maximum absolute atomic E-state index is 9.64. The molecule has 0 bridgehead atoms. The number of hydrogen-bond donors (Lipinski definition) is 1. The van der Waals surface area contributed by atoms with Gasteiger partial charge < -0.3 is 5.11 Å². The van der Waals surface area contributed by atoms with Crippen LogP contribution in [0.15, 0.2) is 23.8 Å². The molecular weight excluding hydrogens is 352 g/mol. The average molecular weight is 399 g/mol. The minimum absolute atomic E-state index is 0.0920. The standard InChI is InChI=1S/C13H26.C12H21ClO/c1-4-6-7-8-9-10-11-12-13(3)5-2;13-11-9-7-5-3-1-2-4-6-8-10-12(11)14/h5H,4,6-12H2,1-3H3;8,10-12,14H,1-7,9H2. The largest absolute Gasteiger partial charge is 0.388 e. The predicted molar refractivity (Wildman–Crippen MR) is 124 cm³/mol. The number of unbranched alkanes of at least 4 members (excludes halogenated alkanes) is 6. The first-order chi connectivity index (χ1) is 13.1. The SMILES string of the molecule is CC=C(C)CCCCCCCCC.OC1C=CCCCCCCCCC1Cl. The lowest BCUT2D eigenvalue weighted by molar-refractivity contribution is 0.211. The average Bonchev–Trinajstić information content (AvgIpc) is 2.67. The molecule has 1 N–H and O–H groups in total. The van der Waals surface area contributed by atoms with Crippen molar-refractivity contribution in [1.82, 2.24) is 0 Å². The van der Waals surface area contributed by atoms with Gasteiger partial charge in [0.05, 0.1) is 11.5 Å². The Bertz CT molecular complexity index is 361. The summed E-state index contributed by atoms with van der Waals surface area (Å²) >= 11 is 6.06. The van der Waals surface area contributed by atoms with E-state index in [0.29, 0.717) is 0 Å². The summed E-state index contributed by atoms with van der Waals surface area (Å²) in [5.41, 5.74) is 1.55. The van der Waals surface area contributed by atoms with E-state index in [4.69, 9.17) is 11.6 Å². The summed E-state index contributed by atoms with van der Waals surface area (Å²) in [5, 5.41) is 9.55. The number of hydrogen-bond acceptors (Lipinski definition) is 1. The van der Waals surface area contributed by atoms with Crippen LogP contribution in [0.2, 0.25) is 0 Å². The molecule has 1 aliphatic carbocycles. The van der Waals surface area contributed by atoms with Gasteiger partial charge in [0.15, 0.2) is 0 Å². The van der Waals surface area contributed by atoms with Crippen LogP contribution in [0.1, 0.15) is 124 Å². The molecule has 0 saturated heterocycles. The van der Waals surface area contributed by atoms with Gasteiger partial charge in [0.25, 0.3) is 0 Å². The third kappa shape index (κ3) is 18.8. The van der Waals surface area contributed by atoms with Crippen LogP contribution in [0.5, 0.6) is 0 Å². The minimum atomic E-state index is -0.448. The molecule has 0 radical (unpaired) electrons. The fourth-order valence-corrected chi connectivity index (χ4v) is 3.58. The predicted octanol–water partition coefficient (Wildman–Crippen LogP) is 8.74. The third-order valence-electron chi connectivity index (χ3n) is 5.47. The van der Waals surface area contributed by atoms with E-state index in [0.717, 1.165) is 19.3 Å². The zero-order valence-corrected chi connectivity index (χ0v) is 19.3. The van der Waals surface area contributed by atoms with Crippen LogP contribution >= 0.6 is 11.6 Å². The Labute approximate surface area is 175 Å². The molecule has 0 aliphatic heterocycles. The van der Waals surface area contributed by atoms with Crippen LogP contribution < -0.4 is 0 Å². The second-order valence-electron chi connectivity index (χ2n) is 8.14. The van der Waals surface area contributed by atoms with Crippen molar-refractivity contribution in [3.8, 4) is 0 Å². The van der Waals surface area contributed by atoms with Crippen LogP contribution in [0.3, 0.4) is 0 Å². The third-order valence-corrected chi connectivity index (χ3v) is 5.95. The fraction of sp³-hybridized carbons (Fsp3) is 0.840. The van der Waals surface area contributed by atoms with E-state index >= 15 is 0 Å². The Balaban J connectivity index is 0.000000503. The van der Waals surface area contributed by atoms with Gasteiger partial charge in [-0.05, 0) is 46.0 Å². The maximum Gasteiger partial charge on any atom is 0.0884 e. The number of halogens is 1. The van der Waals surface area contributed by atoms with Gasteiger partial charge in [-0.3, -0.25) is 0 Å². The first-order valence-electron chi connectivity index (χ1n) is 11.7. The quantitative estimate of drug-likeness (QED) is 0.246. The molecule has 2 atom stereocenters. The molecule has 0 saturated carbocycles. The van der Waals surface area contributed by atoms with Crippen molar-refractivity contribution >= 4 is 11.6 Å². The molecule has 0 aromatic heterocycles. The number of allylic oxidation sites excluding steroid dienone is 3. The van der Waals surface area contributed by atoms with Crippen molar-refractivity contribution in [2.75, 3.05) is 0 Å². The summed E-state index contributed by atoms with van der Waals surface area (Å²) in [6.07, 6.45) is 26.6. The van der Waals surface area contributed by atoms with E-state index < -0.39 is 6.10 Å². The monoisotopic (exact) mass is 398 g/mol. The summed E-state index contributed by atoms with van der Waals surface area (Å²) in [6, 6.07) is 0. The molecule has 0 spiro atoms. The normalized spacial score (nSPS) is 22.3. The lowest BCUT2D eigenvalue weighted by atomic mass is 10.0. The highest BCUT2D eigenvalue weighted by molar-refractivity contribution is 6.21. The summed E-state index contributed by atoms with van der Waals surface area (Å²) in [6.45, 7) is 6.64. The minimum Gasteiger partial charge on any atom is -0.388 e. The molecule has 0 fully saturated rings. The molecule has 160 valence electrons. The van der Waals surface area contributed by atoms with E-state index in [1.54, 1.807) is 5.57 Å². The van der Waals surface area contributed by atoms with Crippen LogP contribution in [-0.2, 0) is 0 Å². The lowest BCUT2D eigenvalue weighted by Gasteiger charge is -2.14. The summed E-state index contributed by atoms with van der Waals surface area (Å²) in [5.74, 6) is 0. The summed E-state index contributed by atoms with van der Waals surface area (Å²) in [7, 11) is 0. The maximum atomic E-state index is 9.64. The van der Waals surface area contributed by atoms with Crippen molar-refractivity contribution in [1.29, 1.82) is 0 Å². The molecule has 0 heterocycles. The number of aliphatic hydroxyl groups excluding tert-OH is 1. The van der Waals surface area contributed by atoms with Gasteiger partial charge in [-0.25, -0.2) is 0 Å².